The number of aliphatic carboxylic acids is 1. The second kappa shape index (κ2) is 11.5. The molecule has 1 fully saturated rings. The van der Waals surface area contributed by atoms with E-state index in [0.29, 0.717) is 37.9 Å². The van der Waals surface area contributed by atoms with E-state index in [1.807, 2.05) is 18.2 Å². The van der Waals surface area contributed by atoms with Gasteiger partial charge in [-0.05, 0) is 72.4 Å². The molecule has 192 valence electrons. The van der Waals surface area contributed by atoms with Crippen molar-refractivity contribution in [2.45, 2.75) is 64.0 Å². The Labute approximate surface area is 210 Å². The van der Waals surface area contributed by atoms with Crippen LogP contribution in [0.3, 0.4) is 0 Å². The van der Waals surface area contributed by atoms with Crippen molar-refractivity contribution in [3.05, 3.63) is 64.5 Å². The van der Waals surface area contributed by atoms with Crippen LogP contribution in [0.25, 0.3) is 0 Å². The molecule has 0 atom stereocenters. The lowest BCUT2D eigenvalue weighted by atomic mass is 9.85. The van der Waals surface area contributed by atoms with Gasteiger partial charge in [-0.25, -0.2) is 9.18 Å². The number of carbonyl (C=O) groups is 3. The normalized spacial score (nSPS) is 19.3. The maximum atomic E-state index is 13.9. The summed E-state index contributed by atoms with van der Waals surface area (Å²) in [5.74, 6) is -0.939. The number of Topliss-reactive ketones (excluding diaryl/α,β-unsaturated/α-hetero) is 1. The van der Waals surface area contributed by atoms with Gasteiger partial charge in [0.15, 0.2) is 11.6 Å². The Kier molecular flexibility index (Phi) is 8.23. The van der Waals surface area contributed by atoms with Crippen LogP contribution in [0.4, 0.5) is 9.18 Å². The monoisotopic (exact) mass is 497 g/mol. The molecule has 1 heterocycles. The lowest BCUT2D eigenvalue weighted by Crippen LogP contribution is -2.39. The summed E-state index contributed by atoms with van der Waals surface area (Å²) in [6, 6.07) is 10.4. The van der Waals surface area contributed by atoms with Crippen LogP contribution in [-0.4, -0.2) is 47.6 Å². The second-order valence-electron chi connectivity index (χ2n) is 9.76. The van der Waals surface area contributed by atoms with Gasteiger partial charge in [0.25, 0.3) is 0 Å². The van der Waals surface area contributed by atoms with Crippen LogP contribution in [0.2, 0.25) is 0 Å². The van der Waals surface area contributed by atoms with Crippen LogP contribution in [-0.2, 0) is 40.1 Å². The summed E-state index contributed by atoms with van der Waals surface area (Å²) in [4.78, 5) is 37.9. The van der Waals surface area contributed by atoms with E-state index >= 15 is 0 Å². The van der Waals surface area contributed by atoms with Crippen molar-refractivity contribution in [1.29, 1.82) is 0 Å². The number of benzene rings is 2. The summed E-state index contributed by atoms with van der Waals surface area (Å²) in [5, 5.41) is 8.95. The average Bonchev–Trinajstić information content (AvgIpc) is 2.84. The molecule has 8 heteroatoms. The molecule has 2 aromatic rings. The summed E-state index contributed by atoms with van der Waals surface area (Å²) in [7, 11) is 1.40. The Hall–Kier alpha value is -3.42. The first-order valence-corrected chi connectivity index (χ1v) is 12.4. The quantitative estimate of drug-likeness (QED) is 0.568. The number of nitrogens with zero attached hydrogens (tertiary/aromatic N) is 1. The molecule has 0 spiro atoms. The van der Waals surface area contributed by atoms with Crippen LogP contribution < -0.4 is 4.74 Å². The summed E-state index contributed by atoms with van der Waals surface area (Å²) in [6.07, 6.45) is 3.73. The second-order valence-corrected chi connectivity index (χ2v) is 9.76. The van der Waals surface area contributed by atoms with Crippen molar-refractivity contribution >= 4 is 17.8 Å². The SMILES string of the molecule is COc1ccc(CC(=O)Cc2ccc3c(c2)CCN(C(=O)OC2CCC(CC(=O)O)CC2)C3)cc1F. The van der Waals surface area contributed by atoms with E-state index < -0.39 is 11.8 Å². The molecule has 7 nitrogen and oxygen atoms in total. The molecule has 2 aliphatic rings. The molecule has 0 radical (unpaired) electrons. The zero-order chi connectivity index (χ0) is 25.7. The molecule has 1 aliphatic heterocycles. The highest BCUT2D eigenvalue weighted by Crippen LogP contribution is 2.29. The zero-order valence-corrected chi connectivity index (χ0v) is 20.5. The topological polar surface area (TPSA) is 93.1 Å². The first-order valence-electron chi connectivity index (χ1n) is 12.4. The fourth-order valence-electron chi connectivity index (χ4n) is 5.13. The number of halogens is 1. The minimum absolute atomic E-state index is 0.00129. The zero-order valence-electron chi connectivity index (χ0n) is 20.5. The number of carboxylic acid groups (broad SMARTS) is 1. The molecule has 36 heavy (non-hydrogen) atoms. The molecule has 1 N–H and O–H groups in total. The molecular formula is C28H32FNO6. The van der Waals surface area contributed by atoms with Gasteiger partial charge in [-0.15, -0.1) is 0 Å². The lowest BCUT2D eigenvalue weighted by molar-refractivity contribution is -0.138. The number of hydrogen-bond acceptors (Lipinski definition) is 5. The Morgan fingerprint density at radius 2 is 1.69 bits per heavy atom. The van der Waals surface area contributed by atoms with Crippen LogP contribution in [0.1, 0.15) is 54.4 Å². The summed E-state index contributed by atoms with van der Waals surface area (Å²) < 4.78 is 24.5. The van der Waals surface area contributed by atoms with E-state index in [1.54, 1.807) is 11.0 Å². The molecule has 1 amide bonds. The Bertz CT molecular complexity index is 1130. The fourth-order valence-corrected chi connectivity index (χ4v) is 5.13. The molecular weight excluding hydrogens is 465 g/mol. The number of fused-ring (bicyclic) bond motifs is 1. The van der Waals surface area contributed by atoms with E-state index in [4.69, 9.17) is 14.6 Å². The van der Waals surface area contributed by atoms with Gasteiger partial charge in [0.2, 0.25) is 0 Å². The minimum atomic E-state index is -0.775. The molecule has 0 aromatic heterocycles. The minimum Gasteiger partial charge on any atom is -0.494 e. The number of hydrogen-bond donors (Lipinski definition) is 1. The smallest absolute Gasteiger partial charge is 0.410 e. The van der Waals surface area contributed by atoms with Gasteiger partial charge in [-0.1, -0.05) is 24.3 Å². The Balaban J connectivity index is 1.27. The first kappa shape index (κ1) is 25.7. The van der Waals surface area contributed by atoms with Crippen molar-refractivity contribution in [2.24, 2.45) is 5.92 Å². The van der Waals surface area contributed by atoms with Crippen LogP contribution in [0, 0.1) is 11.7 Å². The lowest BCUT2D eigenvalue weighted by Gasteiger charge is -2.32. The van der Waals surface area contributed by atoms with Crippen molar-refractivity contribution in [2.75, 3.05) is 13.7 Å². The van der Waals surface area contributed by atoms with Gasteiger partial charge in [0.1, 0.15) is 11.9 Å². The van der Waals surface area contributed by atoms with Crippen molar-refractivity contribution in [1.82, 2.24) is 4.90 Å². The summed E-state index contributed by atoms with van der Waals surface area (Å²) in [6.45, 7) is 1.00. The summed E-state index contributed by atoms with van der Waals surface area (Å²) in [5.41, 5.74) is 3.67. The van der Waals surface area contributed by atoms with Gasteiger partial charge in [-0.2, -0.15) is 0 Å². The van der Waals surface area contributed by atoms with Crippen molar-refractivity contribution < 1.29 is 33.4 Å². The third-order valence-electron chi connectivity index (χ3n) is 7.08. The van der Waals surface area contributed by atoms with Gasteiger partial charge in [0, 0.05) is 32.4 Å². The van der Waals surface area contributed by atoms with E-state index in [-0.39, 0.29) is 48.9 Å². The fraction of sp³-hybridized carbons (Fsp3) is 0.464. The number of ketones is 1. The molecule has 0 saturated heterocycles. The molecule has 4 rings (SSSR count). The Morgan fingerprint density at radius 1 is 1.00 bits per heavy atom. The number of methoxy groups -OCH3 is 1. The largest absolute Gasteiger partial charge is 0.494 e. The first-order chi connectivity index (χ1) is 17.3. The third kappa shape index (κ3) is 6.62. The van der Waals surface area contributed by atoms with E-state index in [9.17, 15) is 18.8 Å². The van der Waals surface area contributed by atoms with Crippen LogP contribution in [0.5, 0.6) is 5.75 Å². The molecule has 0 unspecified atom stereocenters. The molecule has 1 saturated carbocycles. The standard InChI is InChI=1S/C28H32FNO6/c1-35-26-9-5-20(15-25(26)29)14-23(31)13-19-2-6-22-17-30(11-10-21(22)12-19)28(34)36-24-7-3-18(4-8-24)16-27(32)33/h2,5-6,9,12,15,18,24H,3-4,7-8,10-11,13-14,16-17H2,1H3,(H,32,33). The predicted octanol–water partition coefficient (Wildman–Crippen LogP) is 4.72. The van der Waals surface area contributed by atoms with Gasteiger partial charge in [0.05, 0.1) is 7.11 Å². The number of amides is 1. The van der Waals surface area contributed by atoms with Crippen LogP contribution >= 0.6 is 0 Å². The van der Waals surface area contributed by atoms with E-state index in [2.05, 4.69) is 0 Å². The van der Waals surface area contributed by atoms with Crippen LogP contribution in [0.15, 0.2) is 36.4 Å². The number of carbonyl (C=O) groups excluding carboxylic acids is 2. The van der Waals surface area contributed by atoms with Gasteiger partial charge >= 0.3 is 12.1 Å². The van der Waals surface area contributed by atoms with E-state index in [1.165, 1.54) is 19.2 Å². The highest BCUT2D eigenvalue weighted by Gasteiger charge is 2.28. The van der Waals surface area contributed by atoms with Crippen molar-refractivity contribution in [3.8, 4) is 5.75 Å². The van der Waals surface area contributed by atoms with Gasteiger partial charge in [-0.3, -0.25) is 9.59 Å². The maximum Gasteiger partial charge on any atom is 0.410 e. The van der Waals surface area contributed by atoms with Gasteiger partial charge < -0.3 is 19.5 Å². The average molecular weight is 498 g/mol. The van der Waals surface area contributed by atoms with Crippen molar-refractivity contribution in [3.63, 3.8) is 0 Å². The molecule has 0 bridgehead atoms. The molecule has 1 aliphatic carbocycles. The van der Waals surface area contributed by atoms with E-state index in [0.717, 1.165) is 29.5 Å². The third-order valence-corrected chi connectivity index (χ3v) is 7.08. The Morgan fingerprint density at radius 3 is 2.36 bits per heavy atom. The molecule has 2 aromatic carbocycles. The predicted molar refractivity (Wildman–Crippen MR) is 130 cm³/mol. The number of rotatable bonds is 8. The number of ether oxygens (including phenoxy) is 2. The highest BCUT2D eigenvalue weighted by atomic mass is 19.1. The summed E-state index contributed by atoms with van der Waals surface area (Å²) >= 11 is 0. The number of carboxylic acids is 1. The maximum absolute atomic E-state index is 13.9. The highest BCUT2D eigenvalue weighted by molar-refractivity contribution is 5.83.